The zero-order valence-corrected chi connectivity index (χ0v) is 21.8. The maximum Gasteiger partial charge on any atom is 0.435 e. The normalized spacial score (nSPS) is 17.6. The van der Waals surface area contributed by atoms with E-state index in [1.807, 2.05) is 0 Å². The Bertz CT molecular complexity index is 1480. The zero-order chi connectivity index (χ0) is 29.2. The van der Waals surface area contributed by atoms with E-state index in [2.05, 4.69) is 20.3 Å². The summed E-state index contributed by atoms with van der Waals surface area (Å²) in [6.07, 6.45) is -4.78. The summed E-state index contributed by atoms with van der Waals surface area (Å²) in [5.41, 5.74) is -2.93. The third-order valence-electron chi connectivity index (χ3n) is 7.38. The predicted octanol–water partition coefficient (Wildman–Crippen LogP) is 4.42. The molecule has 214 valence electrons. The Balaban J connectivity index is 1.51. The molecule has 1 spiro atoms. The highest BCUT2D eigenvalue weighted by Gasteiger charge is 2.54. The molecule has 0 saturated carbocycles. The molecule has 2 aromatic heterocycles. The van der Waals surface area contributed by atoms with Crippen LogP contribution in [0.2, 0.25) is 0 Å². The third-order valence-corrected chi connectivity index (χ3v) is 7.38. The number of aliphatic hydroxyl groups is 1. The van der Waals surface area contributed by atoms with E-state index in [1.165, 1.54) is 39.0 Å². The van der Waals surface area contributed by atoms with Crippen LogP contribution >= 0.6 is 0 Å². The quantitative estimate of drug-likeness (QED) is 0.426. The Morgan fingerprint density at radius 3 is 2.40 bits per heavy atom. The number of pyridine rings is 1. The van der Waals surface area contributed by atoms with Crippen LogP contribution in [0.1, 0.15) is 42.5 Å². The van der Waals surface area contributed by atoms with Crippen molar-refractivity contribution in [3.63, 3.8) is 0 Å². The van der Waals surface area contributed by atoms with E-state index in [-0.39, 0.29) is 45.2 Å². The smallest absolute Gasteiger partial charge is 0.390 e. The van der Waals surface area contributed by atoms with Crippen LogP contribution in [0, 0.1) is 18.2 Å². The number of nitrogens with one attached hydrogen (secondary N) is 1. The van der Waals surface area contributed by atoms with Gasteiger partial charge in [-0.1, -0.05) is 12.1 Å². The Morgan fingerprint density at radius 1 is 1.12 bits per heavy atom. The number of alkyl halides is 5. The summed E-state index contributed by atoms with van der Waals surface area (Å²) in [6.45, 7) is 4.34. The monoisotopic (exact) mass is 568 g/mol. The molecule has 2 aliphatic rings. The summed E-state index contributed by atoms with van der Waals surface area (Å²) >= 11 is 0. The highest BCUT2D eigenvalue weighted by molar-refractivity contribution is 5.90. The van der Waals surface area contributed by atoms with Gasteiger partial charge in [-0.15, -0.1) is 0 Å². The number of anilines is 2. The molecule has 2 N–H and O–H groups in total. The standard InChI is InChI=1S/C26H26F6N6O2/c1-13(16-5-4-6-18(20(16)27)25(28,29)12-39)33-22-17-7-19(38-10-24(11-38)8-37(9-24)15(3)40)21(26(30,31)32)36-23(17)35-14(2)34-22/h4-7,13,39H,8-12H2,1-3H3,(H,33,34,35,36). The van der Waals surface area contributed by atoms with E-state index >= 15 is 4.39 Å². The Morgan fingerprint density at radius 2 is 1.80 bits per heavy atom. The third kappa shape index (κ3) is 4.78. The number of aromatic nitrogens is 3. The van der Waals surface area contributed by atoms with Gasteiger partial charge in [-0.05, 0) is 26.0 Å². The van der Waals surface area contributed by atoms with Crippen molar-refractivity contribution in [2.24, 2.45) is 5.41 Å². The second kappa shape index (κ2) is 9.46. The molecular weight excluding hydrogens is 542 g/mol. The molecule has 0 bridgehead atoms. The maximum atomic E-state index is 15.1. The molecule has 5 rings (SSSR count). The highest BCUT2D eigenvalue weighted by atomic mass is 19.4. The Kier molecular flexibility index (Phi) is 6.59. The van der Waals surface area contributed by atoms with Crippen molar-refractivity contribution >= 4 is 28.4 Å². The number of aliphatic hydroxyl groups excluding tert-OH is 1. The number of carbonyl (C=O) groups is 1. The van der Waals surface area contributed by atoms with Crippen LogP contribution in [0.25, 0.3) is 11.0 Å². The van der Waals surface area contributed by atoms with Crippen molar-refractivity contribution in [3.05, 3.63) is 52.7 Å². The van der Waals surface area contributed by atoms with Crippen LogP contribution in [-0.2, 0) is 16.9 Å². The average Bonchev–Trinajstić information content (AvgIpc) is 2.81. The van der Waals surface area contributed by atoms with E-state index in [9.17, 15) is 26.7 Å². The topological polar surface area (TPSA) is 94.5 Å². The molecule has 1 unspecified atom stereocenters. The van der Waals surface area contributed by atoms with Gasteiger partial charge in [0.1, 0.15) is 24.1 Å². The number of carbonyl (C=O) groups excluding carboxylic acids is 1. The Hall–Kier alpha value is -3.68. The molecule has 2 aliphatic heterocycles. The number of likely N-dealkylation sites (tertiary alicyclic amines) is 1. The van der Waals surface area contributed by atoms with Gasteiger partial charge >= 0.3 is 6.18 Å². The van der Waals surface area contributed by atoms with Gasteiger partial charge in [0, 0.05) is 44.1 Å². The molecule has 2 saturated heterocycles. The van der Waals surface area contributed by atoms with Gasteiger partial charge in [0.25, 0.3) is 5.92 Å². The van der Waals surface area contributed by atoms with Crippen LogP contribution in [0.15, 0.2) is 24.3 Å². The first-order valence-electron chi connectivity index (χ1n) is 12.5. The second-order valence-corrected chi connectivity index (χ2v) is 10.5. The van der Waals surface area contributed by atoms with E-state index < -0.39 is 41.8 Å². The fourth-order valence-electron chi connectivity index (χ4n) is 5.37. The van der Waals surface area contributed by atoms with E-state index in [0.717, 1.165) is 6.07 Å². The predicted molar refractivity (Wildman–Crippen MR) is 133 cm³/mol. The van der Waals surface area contributed by atoms with Gasteiger partial charge in [-0.2, -0.15) is 22.0 Å². The summed E-state index contributed by atoms with van der Waals surface area (Å²) < 4.78 is 85.4. The van der Waals surface area contributed by atoms with Crippen molar-refractivity contribution in [1.29, 1.82) is 0 Å². The molecule has 8 nitrogen and oxygen atoms in total. The molecule has 1 aromatic carbocycles. The highest BCUT2D eigenvalue weighted by Crippen LogP contribution is 2.46. The zero-order valence-electron chi connectivity index (χ0n) is 21.8. The molecule has 1 atom stereocenters. The summed E-state index contributed by atoms with van der Waals surface area (Å²) in [5.74, 6) is -4.97. The number of aryl methyl sites for hydroxylation is 1. The Labute approximate surface area is 225 Å². The minimum Gasteiger partial charge on any atom is -0.390 e. The molecule has 1 amide bonds. The van der Waals surface area contributed by atoms with Crippen molar-refractivity contribution in [3.8, 4) is 0 Å². The number of amides is 1. The lowest BCUT2D eigenvalue weighted by Crippen LogP contribution is -2.73. The molecule has 14 heteroatoms. The van der Waals surface area contributed by atoms with Crippen LogP contribution < -0.4 is 10.2 Å². The number of hydrogen-bond donors (Lipinski definition) is 2. The van der Waals surface area contributed by atoms with Crippen molar-refractivity contribution in [1.82, 2.24) is 19.9 Å². The van der Waals surface area contributed by atoms with Crippen molar-refractivity contribution in [2.45, 2.75) is 38.9 Å². The fourth-order valence-corrected chi connectivity index (χ4v) is 5.37. The number of benzene rings is 1. The lowest BCUT2D eigenvalue weighted by Gasteiger charge is -2.60. The van der Waals surface area contributed by atoms with Gasteiger partial charge in [0.2, 0.25) is 5.91 Å². The van der Waals surface area contributed by atoms with E-state index in [1.54, 1.807) is 9.80 Å². The SMILES string of the molecule is CC(=O)N1CC2(C1)CN(c1cc3c(NC(C)c4cccc(C(F)(F)CO)c4F)nc(C)nc3nc1C(F)(F)F)C2. The molecule has 4 heterocycles. The first kappa shape index (κ1) is 27.9. The summed E-state index contributed by atoms with van der Waals surface area (Å²) in [6, 6.07) is 3.71. The number of hydrogen-bond acceptors (Lipinski definition) is 7. The first-order valence-corrected chi connectivity index (χ1v) is 12.5. The van der Waals surface area contributed by atoms with Crippen LogP contribution in [-0.4, -0.2) is 63.7 Å². The molecule has 3 aromatic rings. The molecule has 0 radical (unpaired) electrons. The van der Waals surface area contributed by atoms with E-state index in [0.29, 0.717) is 26.2 Å². The number of rotatable bonds is 6. The molecular formula is C26H26F6N6O2. The minimum absolute atomic E-state index is 0.0535. The number of halogens is 6. The molecule has 0 aliphatic carbocycles. The van der Waals surface area contributed by atoms with Crippen LogP contribution in [0.3, 0.4) is 0 Å². The van der Waals surface area contributed by atoms with Crippen molar-refractivity contribution in [2.75, 3.05) is 43.0 Å². The summed E-state index contributed by atoms with van der Waals surface area (Å²) in [7, 11) is 0. The first-order chi connectivity index (χ1) is 18.6. The van der Waals surface area contributed by atoms with Gasteiger partial charge in [-0.3, -0.25) is 4.79 Å². The molecule has 40 heavy (non-hydrogen) atoms. The van der Waals surface area contributed by atoms with Crippen LogP contribution in [0.4, 0.5) is 37.8 Å². The lowest BCUT2D eigenvalue weighted by molar-refractivity contribution is -0.143. The fraction of sp³-hybridized carbons (Fsp3) is 0.462. The minimum atomic E-state index is -4.78. The molecule has 2 fully saturated rings. The maximum absolute atomic E-state index is 15.1. The number of nitrogens with zero attached hydrogens (tertiary/aromatic N) is 5. The largest absolute Gasteiger partial charge is 0.435 e. The van der Waals surface area contributed by atoms with Gasteiger partial charge in [0.15, 0.2) is 11.3 Å². The van der Waals surface area contributed by atoms with Gasteiger partial charge in [0.05, 0.1) is 22.7 Å². The van der Waals surface area contributed by atoms with Crippen LogP contribution in [0.5, 0.6) is 0 Å². The second-order valence-electron chi connectivity index (χ2n) is 10.5. The van der Waals surface area contributed by atoms with Gasteiger partial charge in [-0.25, -0.2) is 19.3 Å². The van der Waals surface area contributed by atoms with Gasteiger partial charge < -0.3 is 20.2 Å². The van der Waals surface area contributed by atoms with Crippen molar-refractivity contribution < 1.29 is 36.2 Å². The summed E-state index contributed by atoms with van der Waals surface area (Å²) in [4.78, 5) is 26.9. The number of fused-ring (bicyclic) bond motifs is 1. The average molecular weight is 569 g/mol. The summed E-state index contributed by atoms with van der Waals surface area (Å²) in [5, 5.41) is 12.0. The van der Waals surface area contributed by atoms with E-state index in [4.69, 9.17) is 5.11 Å². The lowest BCUT2D eigenvalue weighted by atomic mass is 9.72.